The second kappa shape index (κ2) is 7.12. The van der Waals surface area contributed by atoms with E-state index in [0.29, 0.717) is 17.8 Å². The summed E-state index contributed by atoms with van der Waals surface area (Å²) in [5.41, 5.74) is -2.67. The van der Waals surface area contributed by atoms with Crippen molar-refractivity contribution in [2.45, 2.75) is 52.2 Å². The number of ether oxygens (including phenoxy) is 1. The highest BCUT2D eigenvalue weighted by Gasteiger charge is 2.70. The number of hydrogen-bond donors (Lipinski definition) is 2. The van der Waals surface area contributed by atoms with Crippen molar-refractivity contribution in [3.63, 3.8) is 0 Å². The summed E-state index contributed by atoms with van der Waals surface area (Å²) in [4.78, 5) is 36.8. The first kappa shape index (κ1) is 22.4. The molecule has 0 aliphatic heterocycles. The van der Waals surface area contributed by atoms with Crippen LogP contribution in [0, 0.1) is 34.5 Å². The predicted octanol–water partition coefficient (Wildman–Crippen LogP) is 2.72. The third-order valence-corrected chi connectivity index (χ3v) is 8.74. The van der Waals surface area contributed by atoms with Crippen LogP contribution in [0.4, 0.5) is 0 Å². The van der Waals surface area contributed by atoms with Gasteiger partial charge in [-0.05, 0) is 48.8 Å². The fourth-order valence-corrected chi connectivity index (χ4v) is 7.36. The Morgan fingerprint density at radius 1 is 1.32 bits per heavy atom. The van der Waals surface area contributed by atoms with Gasteiger partial charge in [-0.15, -0.1) is 11.6 Å². The number of carbonyl (C=O) groups is 3. The molecule has 7 heteroatoms. The summed E-state index contributed by atoms with van der Waals surface area (Å²) in [6, 6.07) is 0. The van der Waals surface area contributed by atoms with Gasteiger partial charge in [-0.1, -0.05) is 26.8 Å². The van der Waals surface area contributed by atoms with E-state index in [-0.39, 0.29) is 41.8 Å². The van der Waals surface area contributed by atoms with E-state index in [1.54, 1.807) is 6.08 Å². The van der Waals surface area contributed by atoms with E-state index >= 15 is 0 Å². The fraction of sp³-hybridized carbons (Fsp3) is 0.625. The van der Waals surface area contributed by atoms with Crippen molar-refractivity contribution in [1.82, 2.24) is 0 Å². The lowest BCUT2D eigenvalue weighted by molar-refractivity contribution is -0.174. The van der Waals surface area contributed by atoms with Crippen molar-refractivity contribution in [3.8, 4) is 0 Å². The number of alkyl halides is 1. The number of aliphatic hydroxyl groups is 2. The van der Waals surface area contributed by atoms with Crippen LogP contribution in [0.15, 0.2) is 35.6 Å². The first-order valence-corrected chi connectivity index (χ1v) is 11.3. The van der Waals surface area contributed by atoms with E-state index in [4.69, 9.17) is 16.3 Å². The normalized spacial score (nSPS) is 45.8. The van der Waals surface area contributed by atoms with Crippen LogP contribution in [-0.4, -0.2) is 45.3 Å². The summed E-state index contributed by atoms with van der Waals surface area (Å²) in [7, 11) is 0. The highest BCUT2D eigenvalue weighted by Crippen LogP contribution is 2.67. The molecule has 0 heterocycles. The molecule has 4 rings (SSSR count). The molecule has 0 bridgehead atoms. The summed E-state index contributed by atoms with van der Waals surface area (Å²) in [6.45, 7) is 6.95. The molecule has 4 aliphatic rings. The number of esters is 1. The van der Waals surface area contributed by atoms with Crippen LogP contribution in [-0.2, 0) is 19.1 Å². The van der Waals surface area contributed by atoms with E-state index in [2.05, 4.69) is 0 Å². The standard InChI is InChI=1S/C24H29ClO6/c1-12-7-16-15-9-19(31-13(2)26)17-8-14(27)5-6-22(17,3)21(15)18(28)10-23(16,4)24(12,30)20(29)11-25/h5-6,8-9,12,15-16,18,21,28,30H,7,10-11H2,1-4H3/t12?,15-,16-,18?,21+,22-,23-,24-/m0/s1. The Morgan fingerprint density at radius 2 is 2.00 bits per heavy atom. The van der Waals surface area contributed by atoms with E-state index < -0.39 is 34.3 Å². The van der Waals surface area contributed by atoms with Crippen molar-refractivity contribution in [2.75, 3.05) is 5.88 Å². The number of allylic oxidation sites excluding steroid dienone is 5. The minimum atomic E-state index is -1.64. The van der Waals surface area contributed by atoms with Gasteiger partial charge >= 0.3 is 5.97 Å². The van der Waals surface area contributed by atoms with Gasteiger partial charge in [-0.3, -0.25) is 14.4 Å². The fourth-order valence-electron chi connectivity index (χ4n) is 7.16. The number of hydrogen-bond acceptors (Lipinski definition) is 6. The van der Waals surface area contributed by atoms with Crippen LogP contribution < -0.4 is 0 Å². The van der Waals surface area contributed by atoms with Crippen molar-refractivity contribution in [2.24, 2.45) is 34.5 Å². The van der Waals surface area contributed by atoms with Crippen LogP contribution in [0.3, 0.4) is 0 Å². The molecule has 0 saturated heterocycles. The van der Waals surface area contributed by atoms with Gasteiger partial charge in [0.1, 0.15) is 11.4 Å². The molecule has 0 aromatic heterocycles. The number of rotatable bonds is 3. The lowest BCUT2D eigenvalue weighted by Crippen LogP contribution is -2.62. The first-order chi connectivity index (χ1) is 14.4. The number of aliphatic hydroxyl groups excluding tert-OH is 1. The van der Waals surface area contributed by atoms with Crippen molar-refractivity contribution in [3.05, 3.63) is 35.6 Å². The van der Waals surface area contributed by atoms with Gasteiger partial charge in [-0.2, -0.15) is 0 Å². The number of ketones is 2. The summed E-state index contributed by atoms with van der Waals surface area (Å²) in [6.07, 6.45) is 6.54. The van der Waals surface area contributed by atoms with Gasteiger partial charge in [0.15, 0.2) is 11.6 Å². The van der Waals surface area contributed by atoms with Gasteiger partial charge in [0, 0.05) is 29.2 Å². The minimum Gasteiger partial charge on any atom is -0.427 e. The topological polar surface area (TPSA) is 101 Å². The van der Waals surface area contributed by atoms with E-state index in [1.807, 2.05) is 26.8 Å². The maximum atomic E-state index is 12.8. The molecule has 0 aromatic rings. The predicted molar refractivity (Wildman–Crippen MR) is 114 cm³/mol. The Kier molecular flexibility index (Phi) is 5.15. The van der Waals surface area contributed by atoms with Crippen molar-refractivity contribution < 1.29 is 29.3 Å². The van der Waals surface area contributed by atoms with E-state index in [9.17, 15) is 24.6 Å². The maximum Gasteiger partial charge on any atom is 0.308 e. The molecule has 0 aromatic carbocycles. The monoisotopic (exact) mass is 448 g/mol. The molecule has 4 aliphatic carbocycles. The maximum absolute atomic E-state index is 12.8. The quantitative estimate of drug-likeness (QED) is 0.508. The lowest BCUT2D eigenvalue weighted by Gasteiger charge is -2.58. The largest absolute Gasteiger partial charge is 0.427 e. The third-order valence-electron chi connectivity index (χ3n) is 8.50. The average molecular weight is 449 g/mol. The van der Waals surface area contributed by atoms with Gasteiger partial charge < -0.3 is 14.9 Å². The lowest BCUT2D eigenvalue weighted by atomic mass is 9.47. The number of fused-ring (bicyclic) bond motifs is 5. The van der Waals surface area contributed by atoms with Gasteiger partial charge in [0.2, 0.25) is 0 Å². The van der Waals surface area contributed by atoms with Crippen LogP contribution in [0.2, 0.25) is 0 Å². The second-order valence-electron chi connectivity index (χ2n) is 10.1. The smallest absolute Gasteiger partial charge is 0.308 e. The molecule has 2 unspecified atom stereocenters. The molecule has 2 N–H and O–H groups in total. The van der Waals surface area contributed by atoms with Crippen LogP contribution >= 0.6 is 11.6 Å². The van der Waals surface area contributed by atoms with Crippen molar-refractivity contribution >= 4 is 29.1 Å². The average Bonchev–Trinajstić information content (AvgIpc) is 2.89. The van der Waals surface area contributed by atoms with Gasteiger partial charge in [0.05, 0.1) is 12.0 Å². The molecule has 0 spiro atoms. The molecule has 31 heavy (non-hydrogen) atoms. The Balaban J connectivity index is 1.90. The highest BCUT2D eigenvalue weighted by atomic mass is 35.5. The summed E-state index contributed by atoms with van der Waals surface area (Å²) in [5.74, 6) is -2.12. The Hall–Kier alpha value is -1.76. The molecule has 6 nitrogen and oxygen atoms in total. The summed E-state index contributed by atoms with van der Waals surface area (Å²) >= 11 is 5.87. The minimum absolute atomic E-state index is 0.136. The third kappa shape index (κ3) is 2.87. The molecule has 0 amide bonds. The van der Waals surface area contributed by atoms with Crippen LogP contribution in [0.1, 0.15) is 40.5 Å². The first-order valence-electron chi connectivity index (χ1n) is 10.8. The van der Waals surface area contributed by atoms with Crippen LogP contribution in [0.25, 0.3) is 0 Å². The van der Waals surface area contributed by atoms with Crippen molar-refractivity contribution in [1.29, 1.82) is 0 Å². The zero-order valence-corrected chi connectivity index (χ0v) is 19.0. The zero-order chi connectivity index (χ0) is 22.9. The van der Waals surface area contributed by atoms with E-state index in [0.717, 1.165) is 0 Å². The molecule has 0 radical (unpaired) electrons. The molecule has 168 valence electrons. The summed E-state index contributed by atoms with van der Waals surface area (Å²) < 4.78 is 5.52. The molecule has 8 atom stereocenters. The Bertz CT molecular complexity index is 950. The zero-order valence-electron chi connectivity index (χ0n) is 18.2. The number of carbonyl (C=O) groups excluding carboxylic acids is 3. The van der Waals surface area contributed by atoms with Gasteiger partial charge in [0.25, 0.3) is 0 Å². The molecular weight excluding hydrogens is 420 g/mol. The van der Waals surface area contributed by atoms with Gasteiger partial charge in [-0.25, -0.2) is 0 Å². The highest BCUT2D eigenvalue weighted by molar-refractivity contribution is 6.29. The van der Waals surface area contributed by atoms with E-state index in [1.165, 1.54) is 19.1 Å². The SMILES string of the molecule is CC(=O)OC1=C[C@@H]2[C@H](C(O)C[C@@]3(C)[C@H]2CC(C)[C@]3(O)C(=O)CCl)[C@@]2(C)C=CC(=O)C=C12. The van der Waals surface area contributed by atoms with Crippen LogP contribution in [0.5, 0.6) is 0 Å². The molecule has 2 saturated carbocycles. The number of Topliss-reactive ketones (excluding diaryl/α,β-unsaturated/α-hetero) is 1. The molecular formula is C24H29ClO6. The molecule has 2 fully saturated rings. The Labute approximate surface area is 187 Å². The second-order valence-corrected chi connectivity index (χ2v) is 10.3. The summed E-state index contributed by atoms with van der Waals surface area (Å²) in [5, 5.41) is 23.0. The Morgan fingerprint density at radius 3 is 2.61 bits per heavy atom. The number of halogens is 1.